The van der Waals surface area contributed by atoms with Crippen LogP contribution in [0.25, 0.3) is 0 Å². The van der Waals surface area contributed by atoms with Crippen LogP contribution < -0.4 is 0 Å². The molecule has 0 amide bonds. The molecule has 3 N–H and O–H groups in total. The van der Waals surface area contributed by atoms with Gasteiger partial charge in [0.25, 0.3) is 0 Å². The largest absolute Gasteiger partial charge is 0.456 e. The molecule has 0 aromatic carbocycles. The predicted molar refractivity (Wildman–Crippen MR) is 56.0 cm³/mol. The van der Waals surface area contributed by atoms with Gasteiger partial charge in [-0.2, -0.15) is 0 Å². The van der Waals surface area contributed by atoms with Gasteiger partial charge in [0.05, 0.1) is 0 Å². The zero-order chi connectivity index (χ0) is 12.2. The first-order valence-corrected chi connectivity index (χ1v) is 5.42. The predicted octanol–water partition coefficient (Wildman–Crippen LogP) is 0.295. The topological polar surface area (TPSA) is 87.0 Å². The first-order chi connectivity index (χ1) is 7.43. The molecule has 0 aliphatic heterocycles. The van der Waals surface area contributed by atoms with Gasteiger partial charge in [0.15, 0.2) is 0 Å². The van der Waals surface area contributed by atoms with Crippen LogP contribution in [-0.4, -0.2) is 33.4 Å². The van der Waals surface area contributed by atoms with Crippen molar-refractivity contribution in [1.82, 2.24) is 0 Å². The van der Waals surface area contributed by atoms with Crippen LogP contribution in [0, 0.1) is 5.92 Å². The number of ether oxygens (including phenoxy) is 1. The van der Waals surface area contributed by atoms with Gasteiger partial charge in [-0.15, -0.1) is 6.58 Å². The Hall–Kier alpha value is -0.910. The molecule has 1 aliphatic rings. The van der Waals surface area contributed by atoms with E-state index in [0.29, 0.717) is 18.8 Å². The molecule has 1 rings (SSSR count). The lowest BCUT2D eigenvalue weighted by molar-refractivity contribution is -0.306. The lowest BCUT2D eigenvalue weighted by Gasteiger charge is -2.29. The Morgan fingerprint density at radius 3 is 2.69 bits per heavy atom. The van der Waals surface area contributed by atoms with Gasteiger partial charge in [0, 0.05) is 0 Å². The third-order valence-electron chi connectivity index (χ3n) is 2.78. The minimum absolute atomic E-state index is 0.350. The van der Waals surface area contributed by atoms with Crippen LogP contribution in [0.4, 0.5) is 0 Å². The second-order valence-corrected chi connectivity index (χ2v) is 4.22. The molecule has 2 unspecified atom stereocenters. The fraction of sp³-hybridized carbons (Fsp3) is 0.727. The number of aliphatic hydroxyl groups is 3. The fourth-order valence-electron chi connectivity index (χ4n) is 2.03. The number of hydrogen-bond donors (Lipinski definition) is 3. The minimum atomic E-state index is -3.38. The van der Waals surface area contributed by atoms with Crippen molar-refractivity contribution in [3.05, 3.63) is 12.7 Å². The molecule has 0 spiro atoms. The third kappa shape index (κ3) is 3.92. The summed E-state index contributed by atoms with van der Waals surface area (Å²) in [5.74, 6) is -4.38. The van der Waals surface area contributed by atoms with E-state index < -0.39 is 11.9 Å². The fourth-order valence-corrected chi connectivity index (χ4v) is 2.03. The van der Waals surface area contributed by atoms with E-state index in [9.17, 15) is 4.79 Å². The van der Waals surface area contributed by atoms with Crippen molar-refractivity contribution in [2.45, 2.75) is 44.2 Å². The molecule has 5 heteroatoms. The molecule has 5 nitrogen and oxygen atoms in total. The standard InChI is InChI=1S/C11H18O5/c1-2-4-8-5-3-6-9(7-8)16-10(12)11(13,14)15/h2,8-9,13-15H,1,3-7H2. The average Bonchev–Trinajstić information content (AvgIpc) is 2.17. The highest BCUT2D eigenvalue weighted by Crippen LogP contribution is 2.29. The first kappa shape index (κ1) is 13.2. The maximum atomic E-state index is 11.0. The minimum Gasteiger partial charge on any atom is -0.456 e. The summed E-state index contributed by atoms with van der Waals surface area (Å²) in [5, 5.41) is 25.8. The van der Waals surface area contributed by atoms with E-state index in [1.54, 1.807) is 0 Å². The van der Waals surface area contributed by atoms with Crippen LogP contribution in [0.1, 0.15) is 32.1 Å². The summed E-state index contributed by atoms with van der Waals surface area (Å²) in [6, 6.07) is 0. The van der Waals surface area contributed by atoms with Crippen molar-refractivity contribution >= 4 is 5.97 Å². The molecule has 0 bridgehead atoms. The SMILES string of the molecule is C=CCC1CCCC(OC(=O)C(O)(O)O)C1. The average molecular weight is 230 g/mol. The quantitative estimate of drug-likeness (QED) is 0.367. The van der Waals surface area contributed by atoms with Crippen LogP contribution in [0.3, 0.4) is 0 Å². The summed E-state index contributed by atoms with van der Waals surface area (Å²) in [7, 11) is 0. The second kappa shape index (κ2) is 5.43. The van der Waals surface area contributed by atoms with Crippen LogP contribution in [0.2, 0.25) is 0 Å². The number of carbonyl (C=O) groups is 1. The summed E-state index contributed by atoms with van der Waals surface area (Å²) >= 11 is 0. The zero-order valence-electron chi connectivity index (χ0n) is 9.13. The number of rotatable bonds is 4. The van der Waals surface area contributed by atoms with Crippen LogP contribution in [0.5, 0.6) is 0 Å². The molecule has 0 aromatic rings. The smallest absolute Gasteiger partial charge is 0.397 e. The van der Waals surface area contributed by atoms with E-state index in [1.165, 1.54) is 0 Å². The van der Waals surface area contributed by atoms with Crippen molar-refractivity contribution in [2.24, 2.45) is 5.92 Å². The maximum Gasteiger partial charge on any atom is 0.397 e. The van der Waals surface area contributed by atoms with E-state index in [-0.39, 0.29) is 6.10 Å². The molecule has 0 aromatic heterocycles. The molecule has 1 fully saturated rings. The highest BCUT2D eigenvalue weighted by molar-refractivity contribution is 5.75. The molecule has 1 aliphatic carbocycles. The van der Waals surface area contributed by atoms with Crippen LogP contribution in [-0.2, 0) is 9.53 Å². The zero-order valence-corrected chi connectivity index (χ0v) is 9.13. The van der Waals surface area contributed by atoms with Crippen LogP contribution >= 0.6 is 0 Å². The Labute approximate surface area is 94.4 Å². The molecule has 1 saturated carbocycles. The molecule has 0 heterocycles. The Morgan fingerprint density at radius 2 is 2.12 bits per heavy atom. The Balaban J connectivity index is 2.43. The Morgan fingerprint density at radius 1 is 1.44 bits per heavy atom. The van der Waals surface area contributed by atoms with Crippen LogP contribution in [0.15, 0.2) is 12.7 Å². The van der Waals surface area contributed by atoms with Gasteiger partial charge < -0.3 is 20.1 Å². The van der Waals surface area contributed by atoms with Gasteiger partial charge in [-0.1, -0.05) is 6.08 Å². The molecular formula is C11H18O5. The third-order valence-corrected chi connectivity index (χ3v) is 2.78. The number of allylic oxidation sites excluding steroid dienone is 1. The van der Waals surface area contributed by atoms with Gasteiger partial charge in [0.2, 0.25) is 0 Å². The van der Waals surface area contributed by atoms with Gasteiger partial charge >= 0.3 is 11.9 Å². The Bertz CT molecular complexity index is 256. The van der Waals surface area contributed by atoms with Crippen molar-refractivity contribution in [3.8, 4) is 0 Å². The lowest BCUT2D eigenvalue weighted by atomic mass is 9.85. The van der Waals surface area contributed by atoms with Crippen molar-refractivity contribution in [3.63, 3.8) is 0 Å². The molecular weight excluding hydrogens is 212 g/mol. The summed E-state index contributed by atoms with van der Waals surface area (Å²) < 4.78 is 4.81. The van der Waals surface area contributed by atoms with Gasteiger partial charge in [-0.25, -0.2) is 4.79 Å². The molecule has 16 heavy (non-hydrogen) atoms. The first-order valence-electron chi connectivity index (χ1n) is 5.42. The van der Waals surface area contributed by atoms with E-state index in [4.69, 9.17) is 20.1 Å². The Kier molecular flexibility index (Phi) is 4.46. The van der Waals surface area contributed by atoms with Gasteiger partial charge in [-0.05, 0) is 38.0 Å². The van der Waals surface area contributed by atoms with E-state index in [1.807, 2.05) is 6.08 Å². The normalized spacial score (nSPS) is 26.2. The molecule has 0 saturated heterocycles. The molecule has 2 atom stereocenters. The number of carbonyl (C=O) groups excluding carboxylic acids is 1. The summed E-state index contributed by atoms with van der Waals surface area (Å²) in [5.41, 5.74) is 0. The summed E-state index contributed by atoms with van der Waals surface area (Å²) in [4.78, 5) is 11.0. The molecule has 0 radical (unpaired) electrons. The highest BCUT2D eigenvalue weighted by atomic mass is 16.7. The van der Waals surface area contributed by atoms with E-state index >= 15 is 0 Å². The van der Waals surface area contributed by atoms with E-state index in [0.717, 1.165) is 19.3 Å². The number of esters is 1. The molecule has 92 valence electrons. The van der Waals surface area contributed by atoms with Gasteiger partial charge in [-0.3, -0.25) is 0 Å². The maximum absolute atomic E-state index is 11.0. The van der Waals surface area contributed by atoms with Gasteiger partial charge in [0.1, 0.15) is 6.10 Å². The second-order valence-electron chi connectivity index (χ2n) is 4.22. The monoisotopic (exact) mass is 230 g/mol. The summed E-state index contributed by atoms with van der Waals surface area (Å²) in [6.07, 6.45) is 5.68. The van der Waals surface area contributed by atoms with Crippen molar-refractivity contribution in [1.29, 1.82) is 0 Å². The summed E-state index contributed by atoms with van der Waals surface area (Å²) in [6.45, 7) is 3.65. The van der Waals surface area contributed by atoms with Crippen molar-refractivity contribution < 1.29 is 24.9 Å². The van der Waals surface area contributed by atoms with Crippen molar-refractivity contribution in [2.75, 3.05) is 0 Å². The highest BCUT2D eigenvalue weighted by Gasteiger charge is 2.35. The van der Waals surface area contributed by atoms with E-state index in [2.05, 4.69) is 6.58 Å². The lowest BCUT2D eigenvalue weighted by Crippen LogP contribution is -2.42. The number of hydrogen-bond acceptors (Lipinski definition) is 5.